The molecule has 2 aliphatic rings. The van der Waals surface area contributed by atoms with Crippen LogP contribution in [0.5, 0.6) is 0 Å². The second kappa shape index (κ2) is 3.52. The molecule has 1 heteroatoms. The van der Waals surface area contributed by atoms with Crippen molar-refractivity contribution in [1.82, 2.24) is 5.32 Å². The van der Waals surface area contributed by atoms with Gasteiger partial charge < -0.3 is 5.32 Å². The molecule has 1 unspecified atom stereocenters. The molecule has 82 valence electrons. The van der Waals surface area contributed by atoms with Gasteiger partial charge in [0.25, 0.3) is 0 Å². The summed E-state index contributed by atoms with van der Waals surface area (Å²) in [6.07, 6.45) is 7.33. The summed E-state index contributed by atoms with van der Waals surface area (Å²) >= 11 is 0. The van der Waals surface area contributed by atoms with Crippen molar-refractivity contribution in [3.8, 4) is 0 Å². The van der Waals surface area contributed by atoms with E-state index in [0.29, 0.717) is 5.41 Å². The smallest absolute Gasteiger partial charge is 0.00436 e. The number of rotatable bonds is 0. The van der Waals surface area contributed by atoms with Crippen LogP contribution in [-0.4, -0.2) is 13.1 Å². The fourth-order valence-corrected chi connectivity index (χ4v) is 3.36. The molecule has 0 bridgehead atoms. The highest BCUT2D eigenvalue weighted by molar-refractivity contribution is 4.95. The lowest BCUT2D eigenvalue weighted by molar-refractivity contribution is 0.169. The van der Waals surface area contributed by atoms with Crippen molar-refractivity contribution in [2.75, 3.05) is 13.1 Å². The maximum absolute atomic E-state index is 3.49. The highest BCUT2D eigenvalue weighted by Gasteiger charge is 2.43. The summed E-state index contributed by atoms with van der Waals surface area (Å²) in [7, 11) is 0. The van der Waals surface area contributed by atoms with E-state index in [1.54, 1.807) is 0 Å². The lowest BCUT2D eigenvalue weighted by atomic mass is 9.73. The van der Waals surface area contributed by atoms with Crippen LogP contribution in [0.3, 0.4) is 0 Å². The van der Waals surface area contributed by atoms with Crippen LogP contribution in [0.2, 0.25) is 0 Å². The summed E-state index contributed by atoms with van der Waals surface area (Å²) in [6, 6.07) is 0. The minimum Gasteiger partial charge on any atom is -0.317 e. The van der Waals surface area contributed by atoms with Crippen molar-refractivity contribution in [1.29, 1.82) is 0 Å². The fraction of sp³-hybridized carbons (Fsp3) is 1.00. The number of nitrogens with one attached hydrogen (secondary N) is 1. The summed E-state index contributed by atoms with van der Waals surface area (Å²) < 4.78 is 0. The first-order valence-corrected chi connectivity index (χ1v) is 6.23. The van der Waals surface area contributed by atoms with Gasteiger partial charge >= 0.3 is 0 Å². The third kappa shape index (κ3) is 1.98. The monoisotopic (exact) mass is 195 g/mol. The van der Waals surface area contributed by atoms with Crippen LogP contribution in [0.4, 0.5) is 0 Å². The Labute approximate surface area is 88.7 Å². The van der Waals surface area contributed by atoms with Crippen LogP contribution >= 0.6 is 0 Å². The third-order valence-electron chi connectivity index (χ3n) is 4.59. The zero-order valence-corrected chi connectivity index (χ0v) is 10.0. The molecule has 0 radical (unpaired) electrons. The molecule has 1 saturated heterocycles. The topological polar surface area (TPSA) is 12.0 Å². The molecule has 1 heterocycles. The molecule has 1 saturated carbocycles. The molecule has 0 amide bonds. The van der Waals surface area contributed by atoms with E-state index in [4.69, 9.17) is 0 Å². The first-order valence-electron chi connectivity index (χ1n) is 6.23. The lowest BCUT2D eigenvalue weighted by Gasteiger charge is -2.36. The van der Waals surface area contributed by atoms with Crippen molar-refractivity contribution in [2.24, 2.45) is 16.7 Å². The first-order chi connectivity index (χ1) is 6.52. The summed E-state index contributed by atoms with van der Waals surface area (Å²) in [5.74, 6) is 0.973. The molecule has 1 aliphatic carbocycles. The normalized spacial score (nSPS) is 32.4. The van der Waals surface area contributed by atoms with Gasteiger partial charge in [-0.05, 0) is 61.9 Å². The Morgan fingerprint density at radius 1 is 1.07 bits per heavy atom. The average molecular weight is 195 g/mol. The van der Waals surface area contributed by atoms with Crippen LogP contribution in [0.25, 0.3) is 0 Å². The third-order valence-corrected chi connectivity index (χ3v) is 4.59. The molecule has 2 fully saturated rings. The molecular weight excluding hydrogens is 170 g/mol. The Kier molecular flexibility index (Phi) is 2.63. The van der Waals surface area contributed by atoms with E-state index >= 15 is 0 Å². The Morgan fingerprint density at radius 2 is 1.71 bits per heavy atom. The quantitative estimate of drug-likeness (QED) is 0.626. The molecule has 14 heavy (non-hydrogen) atoms. The molecule has 1 spiro atoms. The number of hydrogen-bond donors (Lipinski definition) is 1. The summed E-state index contributed by atoms with van der Waals surface area (Å²) in [5.41, 5.74) is 1.28. The number of piperidine rings is 1. The fourth-order valence-electron chi connectivity index (χ4n) is 3.36. The maximum atomic E-state index is 3.49. The molecule has 0 aromatic carbocycles. The van der Waals surface area contributed by atoms with E-state index < -0.39 is 0 Å². The largest absolute Gasteiger partial charge is 0.317 e. The van der Waals surface area contributed by atoms with E-state index in [1.165, 1.54) is 45.2 Å². The van der Waals surface area contributed by atoms with Crippen molar-refractivity contribution in [3.63, 3.8) is 0 Å². The second-order valence-corrected chi connectivity index (χ2v) is 6.56. The van der Waals surface area contributed by atoms with Crippen LogP contribution in [0.1, 0.15) is 52.9 Å². The van der Waals surface area contributed by atoms with Gasteiger partial charge in [-0.15, -0.1) is 0 Å². The average Bonchev–Trinajstić information content (AvgIpc) is 2.50. The van der Waals surface area contributed by atoms with Crippen LogP contribution in [0.15, 0.2) is 0 Å². The Bertz CT molecular complexity index is 196. The van der Waals surface area contributed by atoms with Gasteiger partial charge in [-0.1, -0.05) is 20.8 Å². The Balaban J connectivity index is 1.99. The van der Waals surface area contributed by atoms with E-state index in [9.17, 15) is 0 Å². The van der Waals surface area contributed by atoms with Crippen LogP contribution in [-0.2, 0) is 0 Å². The van der Waals surface area contributed by atoms with E-state index in [0.717, 1.165) is 11.3 Å². The maximum Gasteiger partial charge on any atom is -0.00436 e. The predicted molar refractivity (Wildman–Crippen MR) is 61.3 cm³/mol. The van der Waals surface area contributed by atoms with Gasteiger partial charge in [-0.3, -0.25) is 0 Å². The van der Waals surface area contributed by atoms with Gasteiger partial charge in [0.15, 0.2) is 0 Å². The van der Waals surface area contributed by atoms with Crippen molar-refractivity contribution >= 4 is 0 Å². The lowest BCUT2D eigenvalue weighted by Crippen LogP contribution is -2.35. The molecule has 1 atom stereocenters. The molecule has 2 rings (SSSR count). The van der Waals surface area contributed by atoms with Gasteiger partial charge in [0.1, 0.15) is 0 Å². The molecule has 1 nitrogen and oxygen atoms in total. The van der Waals surface area contributed by atoms with Crippen molar-refractivity contribution in [3.05, 3.63) is 0 Å². The van der Waals surface area contributed by atoms with Gasteiger partial charge in [-0.25, -0.2) is 0 Å². The highest BCUT2D eigenvalue weighted by Crippen LogP contribution is 2.52. The minimum atomic E-state index is 0.536. The standard InChI is InChI=1S/C13H25N/c1-12(2,3)11-4-5-13(10-11)6-8-14-9-7-13/h11,14H,4-10H2,1-3H3. The Morgan fingerprint density at radius 3 is 2.21 bits per heavy atom. The molecular formula is C13H25N. The van der Waals surface area contributed by atoms with E-state index in [2.05, 4.69) is 26.1 Å². The van der Waals surface area contributed by atoms with Gasteiger partial charge in [0, 0.05) is 0 Å². The first kappa shape index (κ1) is 10.5. The molecule has 0 aromatic heterocycles. The van der Waals surface area contributed by atoms with Gasteiger partial charge in [0.2, 0.25) is 0 Å². The van der Waals surface area contributed by atoms with Crippen molar-refractivity contribution in [2.45, 2.75) is 52.9 Å². The molecule has 1 aliphatic heterocycles. The summed E-state index contributed by atoms with van der Waals surface area (Å²) in [4.78, 5) is 0. The molecule has 0 aromatic rings. The number of hydrogen-bond acceptors (Lipinski definition) is 1. The van der Waals surface area contributed by atoms with Crippen LogP contribution in [0, 0.1) is 16.7 Å². The minimum absolute atomic E-state index is 0.536. The zero-order valence-electron chi connectivity index (χ0n) is 10.0. The van der Waals surface area contributed by atoms with Gasteiger partial charge in [0.05, 0.1) is 0 Å². The Hall–Kier alpha value is -0.0400. The highest BCUT2D eigenvalue weighted by atomic mass is 14.9. The van der Waals surface area contributed by atoms with Crippen molar-refractivity contribution < 1.29 is 0 Å². The van der Waals surface area contributed by atoms with Crippen LogP contribution < -0.4 is 5.32 Å². The second-order valence-electron chi connectivity index (χ2n) is 6.56. The van der Waals surface area contributed by atoms with Gasteiger partial charge in [-0.2, -0.15) is 0 Å². The van der Waals surface area contributed by atoms with E-state index in [1.807, 2.05) is 0 Å². The van der Waals surface area contributed by atoms with E-state index in [-0.39, 0.29) is 0 Å². The summed E-state index contributed by atoms with van der Waals surface area (Å²) in [5, 5.41) is 3.49. The molecule has 1 N–H and O–H groups in total. The summed E-state index contributed by atoms with van der Waals surface area (Å²) in [6.45, 7) is 9.76. The SMILES string of the molecule is CC(C)(C)C1CCC2(CCNCC2)C1. The predicted octanol–water partition coefficient (Wildman–Crippen LogP) is 3.20. The zero-order chi connectivity index (χ0) is 10.2.